The summed E-state index contributed by atoms with van der Waals surface area (Å²) in [6.45, 7) is 5.52. The molecule has 0 aliphatic rings. The summed E-state index contributed by atoms with van der Waals surface area (Å²) in [5, 5.41) is 8.30. The van der Waals surface area contributed by atoms with E-state index in [-0.39, 0.29) is 46.5 Å². The van der Waals surface area contributed by atoms with E-state index in [1.54, 1.807) is 48.5 Å². The minimum absolute atomic E-state index is 0.0449. The molecular weight excluding hydrogens is 572 g/mol. The molecule has 0 unspecified atom stereocenters. The number of nitrogens with one attached hydrogen (secondary N) is 4. The van der Waals surface area contributed by atoms with Crippen LogP contribution in [0.15, 0.2) is 71.6 Å². The predicted molar refractivity (Wildman–Crippen MR) is 165 cm³/mol. The van der Waals surface area contributed by atoms with E-state index in [0.29, 0.717) is 28.2 Å². The molecule has 4 rings (SSSR count). The molecule has 0 fully saturated rings. The largest absolute Gasteiger partial charge is 0.497 e. The van der Waals surface area contributed by atoms with Gasteiger partial charge in [0.15, 0.2) is 11.6 Å². The smallest absolute Gasteiger partial charge is 0.263 e. The number of benzene rings is 3. The fraction of sp³-hybridized carbons (Fsp3) is 0.267. The molecule has 0 aliphatic heterocycles. The van der Waals surface area contributed by atoms with Crippen molar-refractivity contribution in [2.75, 3.05) is 36.1 Å². The summed E-state index contributed by atoms with van der Waals surface area (Å²) in [6.07, 6.45) is 0.263. The normalized spacial score (nSPS) is 11.5. The zero-order valence-electron chi connectivity index (χ0n) is 24.5. The average molecular weight is 607 g/mol. The number of hydrogen-bond donors (Lipinski definition) is 4. The Bertz CT molecular complexity index is 1730. The third-order valence-corrected chi connectivity index (χ3v) is 7.32. The second kappa shape index (κ2) is 12.9. The van der Waals surface area contributed by atoms with Crippen LogP contribution < -0.4 is 30.1 Å². The van der Waals surface area contributed by atoms with Crippen molar-refractivity contribution in [3.63, 3.8) is 0 Å². The molecule has 3 aromatic carbocycles. The first-order chi connectivity index (χ1) is 20.3. The molecule has 13 heteroatoms. The molecule has 0 saturated carbocycles. The van der Waals surface area contributed by atoms with Gasteiger partial charge in [0.25, 0.3) is 10.0 Å². The Morgan fingerprint density at radius 2 is 1.42 bits per heavy atom. The number of methoxy groups -OCH3 is 2. The van der Waals surface area contributed by atoms with Gasteiger partial charge >= 0.3 is 0 Å². The van der Waals surface area contributed by atoms with Gasteiger partial charge < -0.3 is 25.4 Å². The van der Waals surface area contributed by atoms with Gasteiger partial charge in [-0.25, -0.2) is 18.4 Å². The van der Waals surface area contributed by atoms with Crippen molar-refractivity contribution in [1.29, 1.82) is 0 Å². The molecule has 1 heterocycles. The topological polar surface area (TPSA) is 161 Å². The van der Waals surface area contributed by atoms with E-state index in [1.165, 1.54) is 32.4 Å². The third-order valence-electron chi connectivity index (χ3n) is 5.98. The van der Waals surface area contributed by atoms with Crippen LogP contribution in [0.4, 0.5) is 23.0 Å². The number of carbonyl (C=O) groups excluding carboxylic acids is 2. The maximum Gasteiger partial charge on any atom is 0.263 e. The van der Waals surface area contributed by atoms with Gasteiger partial charge in [0.1, 0.15) is 11.5 Å². The molecule has 0 bridgehead atoms. The zero-order chi connectivity index (χ0) is 31.2. The number of ether oxygens (including phenoxy) is 2. The number of rotatable bonds is 11. The van der Waals surface area contributed by atoms with Crippen LogP contribution in [0.2, 0.25) is 0 Å². The van der Waals surface area contributed by atoms with Crippen LogP contribution in [-0.2, 0) is 19.6 Å². The monoisotopic (exact) mass is 606 g/mol. The highest BCUT2D eigenvalue weighted by Crippen LogP contribution is 2.31. The summed E-state index contributed by atoms with van der Waals surface area (Å²) in [7, 11) is -1.15. The second-order valence-corrected chi connectivity index (χ2v) is 12.5. The van der Waals surface area contributed by atoms with Gasteiger partial charge in [-0.15, -0.1) is 0 Å². The van der Waals surface area contributed by atoms with Gasteiger partial charge in [0.05, 0.1) is 36.7 Å². The summed E-state index contributed by atoms with van der Waals surface area (Å²) in [5.41, 5.74) is 1.57. The Balaban J connectivity index is 1.57. The number of nitrogens with zero attached hydrogens (tertiary/aromatic N) is 2. The van der Waals surface area contributed by atoms with Crippen molar-refractivity contribution in [2.24, 2.45) is 5.41 Å². The number of para-hydroxylation sites is 2. The van der Waals surface area contributed by atoms with E-state index in [4.69, 9.17) is 9.47 Å². The maximum atomic E-state index is 13.5. The number of fused-ring (bicyclic) bond motifs is 1. The number of sulfonamides is 1. The van der Waals surface area contributed by atoms with Crippen molar-refractivity contribution in [2.45, 2.75) is 32.1 Å². The standard InChI is InChI=1S/C30H34N6O6S/c1-30(2,3)17-26(37)31-18-27(38)32-19-9-8-10-23(15-19)43(39,40)36-29-28(34-24-11-6-7-12-25(24)35-29)33-20-13-21(41-4)16-22(14-20)42-5/h6-16H,17-18H2,1-5H3,(H,31,37)(H,32,38)(H,33,34)(H,35,36). The zero-order valence-corrected chi connectivity index (χ0v) is 25.3. The lowest BCUT2D eigenvalue weighted by Crippen LogP contribution is -2.34. The van der Waals surface area contributed by atoms with E-state index in [0.717, 1.165) is 0 Å². The molecular formula is C30H34N6O6S. The first kappa shape index (κ1) is 31.0. The van der Waals surface area contributed by atoms with Crippen molar-refractivity contribution in [3.05, 3.63) is 66.7 Å². The Labute approximate surface area is 250 Å². The first-order valence-corrected chi connectivity index (χ1v) is 14.8. The van der Waals surface area contributed by atoms with E-state index in [1.807, 2.05) is 20.8 Å². The Kier molecular flexibility index (Phi) is 9.34. The number of hydrogen-bond acceptors (Lipinski definition) is 9. The molecule has 0 spiro atoms. The molecule has 2 amide bonds. The van der Waals surface area contributed by atoms with E-state index in [9.17, 15) is 18.0 Å². The number of anilines is 4. The molecule has 0 aliphatic carbocycles. The molecule has 226 valence electrons. The molecule has 4 aromatic rings. The number of carbonyl (C=O) groups is 2. The van der Waals surface area contributed by atoms with Crippen LogP contribution in [0.25, 0.3) is 11.0 Å². The van der Waals surface area contributed by atoms with Crippen molar-refractivity contribution in [3.8, 4) is 11.5 Å². The van der Waals surface area contributed by atoms with Gasteiger partial charge in [0.2, 0.25) is 11.8 Å². The molecule has 43 heavy (non-hydrogen) atoms. The van der Waals surface area contributed by atoms with Crippen molar-refractivity contribution >= 4 is 55.9 Å². The van der Waals surface area contributed by atoms with Crippen LogP contribution in [0, 0.1) is 5.41 Å². The van der Waals surface area contributed by atoms with Gasteiger partial charge in [-0.2, -0.15) is 0 Å². The number of amides is 2. The lowest BCUT2D eigenvalue weighted by atomic mass is 9.92. The SMILES string of the molecule is COc1cc(Nc2nc3ccccc3nc2NS(=O)(=O)c2cccc(NC(=O)CNC(=O)CC(C)(C)C)c2)cc(OC)c1. The molecule has 4 N–H and O–H groups in total. The first-order valence-electron chi connectivity index (χ1n) is 13.3. The fourth-order valence-electron chi connectivity index (χ4n) is 4.03. The van der Waals surface area contributed by atoms with Crippen LogP contribution in [0.1, 0.15) is 27.2 Å². The molecule has 0 saturated heterocycles. The molecule has 0 radical (unpaired) electrons. The highest BCUT2D eigenvalue weighted by Gasteiger charge is 2.21. The minimum atomic E-state index is -4.19. The quantitative estimate of drug-likeness (QED) is 0.190. The van der Waals surface area contributed by atoms with Gasteiger partial charge in [0, 0.05) is 36.0 Å². The average Bonchev–Trinajstić information content (AvgIpc) is 2.95. The molecule has 0 atom stereocenters. The van der Waals surface area contributed by atoms with Gasteiger partial charge in [-0.05, 0) is 35.7 Å². The minimum Gasteiger partial charge on any atom is -0.497 e. The van der Waals surface area contributed by atoms with Gasteiger partial charge in [-0.3, -0.25) is 14.3 Å². The Hall–Kier alpha value is -4.91. The molecule has 1 aromatic heterocycles. The van der Waals surface area contributed by atoms with Crippen LogP contribution >= 0.6 is 0 Å². The highest BCUT2D eigenvalue weighted by atomic mass is 32.2. The van der Waals surface area contributed by atoms with Crippen molar-refractivity contribution < 1.29 is 27.5 Å². The summed E-state index contributed by atoms with van der Waals surface area (Å²) < 4.78 is 40.2. The lowest BCUT2D eigenvalue weighted by Gasteiger charge is -2.17. The summed E-state index contributed by atoms with van der Waals surface area (Å²) in [4.78, 5) is 33.5. The number of aromatic nitrogens is 2. The maximum absolute atomic E-state index is 13.5. The fourth-order valence-corrected chi connectivity index (χ4v) is 5.08. The molecule has 12 nitrogen and oxygen atoms in total. The Morgan fingerprint density at radius 1 is 0.791 bits per heavy atom. The Morgan fingerprint density at radius 3 is 2.02 bits per heavy atom. The van der Waals surface area contributed by atoms with Crippen LogP contribution in [0.3, 0.4) is 0 Å². The van der Waals surface area contributed by atoms with Crippen molar-refractivity contribution in [1.82, 2.24) is 15.3 Å². The third kappa shape index (κ3) is 8.55. The van der Waals surface area contributed by atoms with Crippen LogP contribution in [0.5, 0.6) is 11.5 Å². The summed E-state index contributed by atoms with van der Waals surface area (Å²) in [6, 6.07) is 17.9. The van der Waals surface area contributed by atoms with Crippen LogP contribution in [-0.4, -0.2) is 51.0 Å². The highest BCUT2D eigenvalue weighted by molar-refractivity contribution is 7.92. The lowest BCUT2D eigenvalue weighted by molar-refractivity contribution is -0.125. The van der Waals surface area contributed by atoms with E-state index < -0.39 is 15.9 Å². The van der Waals surface area contributed by atoms with E-state index >= 15 is 0 Å². The van der Waals surface area contributed by atoms with E-state index in [2.05, 4.69) is 30.6 Å². The summed E-state index contributed by atoms with van der Waals surface area (Å²) in [5.74, 6) is 0.391. The second-order valence-electron chi connectivity index (χ2n) is 10.8. The predicted octanol–water partition coefficient (Wildman–Crippen LogP) is 4.68. The van der Waals surface area contributed by atoms with Gasteiger partial charge in [-0.1, -0.05) is 39.0 Å². The summed E-state index contributed by atoms with van der Waals surface area (Å²) >= 11 is 0.